The van der Waals surface area contributed by atoms with Gasteiger partial charge in [0.05, 0.1) is 6.20 Å². The Morgan fingerprint density at radius 2 is 1.92 bits per heavy atom. The Morgan fingerprint density at radius 1 is 1.24 bits per heavy atom. The maximum absolute atomic E-state index is 12.1. The Balaban J connectivity index is 1.88. The van der Waals surface area contributed by atoms with Gasteiger partial charge in [-0.05, 0) is 38.0 Å². The van der Waals surface area contributed by atoms with Crippen LogP contribution in [0, 0.1) is 13.8 Å². The van der Waals surface area contributed by atoms with Gasteiger partial charge in [0.15, 0.2) is 12.2 Å². The van der Waals surface area contributed by atoms with Crippen LogP contribution in [0.3, 0.4) is 0 Å². The lowest BCUT2D eigenvalue weighted by molar-refractivity contribution is -0.136. The van der Waals surface area contributed by atoms with Crippen LogP contribution in [0.25, 0.3) is 0 Å². The average molecular weight is 346 g/mol. The monoisotopic (exact) mass is 346 g/mol. The highest BCUT2D eigenvalue weighted by atomic mass is 16.5. The maximum atomic E-state index is 12.1. The van der Waals surface area contributed by atoms with Gasteiger partial charge in [-0.25, -0.2) is 0 Å². The van der Waals surface area contributed by atoms with E-state index in [-0.39, 0.29) is 0 Å². The predicted molar refractivity (Wildman–Crippen MR) is 90.5 cm³/mol. The van der Waals surface area contributed by atoms with Crippen molar-refractivity contribution in [3.05, 3.63) is 47.3 Å². The minimum absolute atomic E-state index is 0.328. The Labute approximate surface area is 145 Å². The molecule has 2 rings (SSSR count). The summed E-state index contributed by atoms with van der Waals surface area (Å²) in [6.07, 6.45) is 0.636. The van der Waals surface area contributed by atoms with E-state index in [0.29, 0.717) is 11.3 Å². The summed E-state index contributed by atoms with van der Waals surface area (Å²) in [6, 6.07) is 5.57. The molecule has 1 heterocycles. The fourth-order valence-corrected chi connectivity index (χ4v) is 2.12. The highest BCUT2D eigenvalue weighted by Crippen LogP contribution is 2.21. The van der Waals surface area contributed by atoms with Gasteiger partial charge in [0.25, 0.3) is 11.8 Å². The Morgan fingerprint density at radius 3 is 2.56 bits per heavy atom. The number of aryl methyl sites for hydroxylation is 2. The number of carbonyl (C=O) groups is 2. The average Bonchev–Trinajstić information content (AvgIpc) is 3.02. The van der Waals surface area contributed by atoms with Gasteiger partial charge in [-0.1, -0.05) is 12.1 Å². The summed E-state index contributed by atoms with van der Waals surface area (Å²) in [5.74, 6) is -0.697. The normalized spacial score (nSPS) is 13.0. The summed E-state index contributed by atoms with van der Waals surface area (Å²) in [4.78, 5) is 23.9. The number of aromatic nitrogens is 2. The second-order valence-electron chi connectivity index (χ2n) is 5.79. The number of benzene rings is 1. The summed E-state index contributed by atoms with van der Waals surface area (Å²) in [5.41, 5.74) is 6.74. The van der Waals surface area contributed by atoms with Crippen LogP contribution >= 0.6 is 0 Å². The molecule has 1 aromatic carbocycles. The van der Waals surface area contributed by atoms with E-state index in [2.05, 4.69) is 16.0 Å². The number of aliphatic hydroxyl groups excluding tert-OH is 1. The van der Waals surface area contributed by atoms with Crippen molar-refractivity contribution in [1.82, 2.24) is 20.6 Å². The molecule has 25 heavy (non-hydrogen) atoms. The van der Waals surface area contributed by atoms with Crippen molar-refractivity contribution in [1.29, 1.82) is 0 Å². The first-order chi connectivity index (χ1) is 11.8. The standard InChI is InChI=1S/C17H22N4O4/c1-10-6-5-7-14(11(10)2)25-12(3)16(23)19-20-17(24)15(22)13-8-18-21(4)9-13/h5-9,12,15,22H,1-4H3,(H,19,23)(H,20,24)/t12-,15-/m0/s1. The lowest BCUT2D eigenvalue weighted by atomic mass is 10.1. The van der Waals surface area contributed by atoms with E-state index in [1.807, 2.05) is 26.0 Å². The first kappa shape index (κ1) is 18.5. The highest BCUT2D eigenvalue weighted by molar-refractivity contribution is 5.86. The third kappa shape index (κ3) is 4.57. The van der Waals surface area contributed by atoms with Crippen molar-refractivity contribution in [2.45, 2.75) is 33.0 Å². The third-order valence-corrected chi connectivity index (χ3v) is 3.83. The van der Waals surface area contributed by atoms with Crippen LogP contribution in [0.5, 0.6) is 5.75 Å². The zero-order chi connectivity index (χ0) is 18.6. The molecule has 0 unspecified atom stereocenters. The van der Waals surface area contributed by atoms with Crippen molar-refractivity contribution in [3.63, 3.8) is 0 Å². The van der Waals surface area contributed by atoms with Crippen molar-refractivity contribution in [3.8, 4) is 5.75 Å². The molecule has 0 bridgehead atoms. The van der Waals surface area contributed by atoms with Crippen LogP contribution in [-0.2, 0) is 16.6 Å². The molecule has 0 spiro atoms. The van der Waals surface area contributed by atoms with Gasteiger partial charge in [-0.2, -0.15) is 5.10 Å². The number of ether oxygens (including phenoxy) is 1. The highest BCUT2D eigenvalue weighted by Gasteiger charge is 2.21. The van der Waals surface area contributed by atoms with E-state index < -0.39 is 24.0 Å². The van der Waals surface area contributed by atoms with Gasteiger partial charge in [-0.3, -0.25) is 25.1 Å². The first-order valence-corrected chi connectivity index (χ1v) is 7.78. The van der Waals surface area contributed by atoms with Gasteiger partial charge in [0, 0.05) is 18.8 Å². The van der Waals surface area contributed by atoms with E-state index in [4.69, 9.17) is 4.74 Å². The third-order valence-electron chi connectivity index (χ3n) is 3.83. The maximum Gasteiger partial charge on any atom is 0.279 e. The molecule has 0 fully saturated rings. The largest absolute Gasteiger partial charge is 0.481 e. The summed E-state index contributed by atoms with van der Waals surface area (Å²) in [7, 11) is 1.67. The second-order valence-corrected chi connectivity index (χ2v) is 5.79. The number of amides is 2. The minimum atomic E-state index is -1.43. The molecule has 0 radical (unpaired) electrons. The zero-order valence-corrected chi connectivity index (χ0v) is 14.6. The molecule has 2 aromatic rings. The quantitative estimate of drug-likeness (QED) is 0.691. The lowest BCUT2D eigenvalue weighted by Crippen LogP contribution is -2.48. The van der Waals surface area contributed by atoms with Crippen LogP contribution in [0.4, 0.5) is 0 Å². The molecular weight excluding hydrogens is 324 g/mol. The van der Waals surface area contributed by atoms with Gasteiger partial charge in [-0.15, -0.1) is 0 Å². The van der Waals surface area contributed by atoms with Gasteiger partial charge < -0.3 is 9.84 Å². The summed E-state index contributed by atoms with van der Waals surface area (Å²) >= 11 is 0. The topological polar surface area (TPSA) is 105 Å². The number of aliphatic hydroxyl groups is 1. The molecule has 8 heteroatoms. The molecule has 2 atom stereocenters. The fraction of sp³-hybridized carbons (Fsp3) is 0.353. The SMILES string of the molecule is Cc1cccc(O[C@@H](C)C(=O)NNC(=O)[C@@H](O)c2cnn(C)c2)c1C. The van der Waals surface area contributed by atoms with E-state index in [1.54, 1.807) is 20.0 Å². The van der Waals surface area contributed by atoms with Gasteiger partial charge in [0.1, 0.15) is 5.75 Å². The molecule has 0 aliphatic heterocycles. The fourth-order valence-electron chi connectivity index (χ4n) is 2.12. The molecule has 134 valence electrons. The van der Waals surface area contributed by atoms with Crippen LogP contribution in [-0.4, -0.2) is 32.8 Å². The molecule has 0 aliphatic rings. The van der Waals surface area contributed by atoms with Gasteiger partial charge in [0.2, 0.25) is 0 Å². The molecule has 0 saturated carbocycles. The molecule has 3 N–H and O–H groups in total. The van der Waals surface area contributed by atoms with Crippen LogP contribution < -0.4 is 15.6 Å². The summed E-state index contributed by atoms with van der Waals surface area (Å²) in [5, 5.41) is 13.8. The van der Waals surface area contributed by atoms with E-state index >= 15 is 0 Å². The van der Waals surface area contributed by atoms with E-state index in [9.17, 15) is 14.7 Å². The number of carbonyl (C=O) groups excluding carboxylic acids is 2. The van der Waals surface area contributed by atoms with Crippen LogP contribution in [0.1, 0.15) is 29.7 Å². The number of nitrogens with one attached hydrogen (secondary N) is 2. The summed E-state index contributed by atoms with van der Waals surface area (Å²) < 4.78 is 7.09. The van der Waals surface area contributed by atoms with Crippen molar-refractivity contribution < 1.29 is 19.4 Å². The molecule has 0 saturated heterocycles. The number of hydrogen-bond donors (Lipinski definition) is 3. The van der Waals surface area contributed by atoms with E-state index in [1.165, 1.54) is 17.1 Å². The van der Waals surface area contributed by atoms with Crippen LogP contribution in [0.2, 0.25) is 0 Å². The molecule has 1 aromatic heterocycles. The van der Waals surface area contributed by atoms with Crippen molar-refractivity contribution >= 4 is 11.8 Å². The first-order valence-electron chi connectivity index (χ1n) is 7.78. The van der Waals surface area contributed by atoms with Gasteiger partial charge >= 0.3 is 0 Å². The number of hydrogen-bond acceptors (Lipinski definition) is 5. The zero-order valence-electron chi connectivity index (χ0n) is 14.6. The molecule has 8 nitrogen and oxygen atoms in total. The predicted octanol–water partition coefficient (Wildman–Crippen LogP) is 0.685. The lowest BCUT2D eigenvalue weighted by Gasteiger charge is -2.18. The Kier molecular flexibility index (Phi) is 5.76. The molecular formula is C17H22N4O4. The summed E-state index contributed by atoms with van der Waals surface area (Å²) in [6.45, 7) is 5.43. The molecule has 2 amide bonds. The number of rotatable bonds is 5. The molecule has 0 aliphatic carbocycles. The number of hydrazine groups is 1. The Hall–Kier alpha value is -2.87. The minimum Gasteiger partial charge on any atom is -0.481 e. The van der Waals surface area contributed by atoms with Crippen molar-refractivity contribution in [2.24, 2.45) is 7.05 Å². The Bertz CT molecular complexity index is 772. The smallest absolute Gasteiger partial charge is 0.279 e. The second kappa shape index (κ2) is 7.80. The number of nitrogens with zero attached hydrogens (tertiary/aromatic N) is 2. The van der Waals surface area contributed by atoms with Crippen LogP contribution in [0.15, 0.2) is 30.6 Å². The van der Waals surface area contributed by atoms with E-state index in [0.717, 1.165) is 11.1 Å². The van der Waals surface area contributed by atoms with Crippen molar-refractivity contribution in [2.75, 3.05) is 0 Å².